The Morgan fingerprint density at radius 2 is 0.944 bits per heavy atom. The molecule has 0 amide bonds. The Kier molecular flexibility index (Phi) is 36.5. The molecule has 10 heteroatoms. The zero-order valence-corrected chi connectivity index (χ0v) is 36.9. The van der Waals surface area contributed by atoms with Crippen molar-refractivity contribution in [2.75, 3.05) is 47.5 Å². The molecule has 0 spiro atoms. The summed E-state index contributed by atoms with van der Waals surface area (Å²) in [6.07, 6.45) is 38.2. The summed E-state index contributed by atoms with van der Waals surface area (Å²) in [6, 6.07) is 0. The molecule has 0 aromatic carbocycles. The number of rotatable bonds is 41. The van der Waals surface area contributed by atoms with Crippen molar-refractivity contribution < 1.29 is 42.1 Å². The quantitative estimate of drug-likeness (QED) is 0.0214. The first kappa shape index (κ1) is 52.8. The highest BCUT2D eigenvalue weighted by molar-refractivity contribution is 7.47. The van der Waals surface area contributed by atoms with Gasteiger partial charge in [-0.25, -0.2) is 4.57 Å². The molecule has 1 unspecified atom stereocenters. The maximum absolute atomic E-state index is 12.7. The monoisotopic (exact) mass is 789 g/mol. The second kappa shape index (κ2) is 37.3. The van der Waals surface area contributed by atoms with Crippen LogP contribution in [0.4, 0.5) is 0 Å². The molecule has 1 N–H and O–H groups in total. The van der Waals surface area contributed by atoms with Crippen LogP contribution in [0, 0.1) is 0 Å². The van der Waals surface area contributed by atoms with E-state index in [9.17, 15) is 19.0 Å². The fraction of sp³-hybridized carbons (Fsp3) is 0.909. The number of phosphoric ester groups is 1. The molecule has 0 aromatic rings. The number of likely N-dealkylation sites (N-methyl/N-ethyl adjacent to an activating group) is 1. The largest absolute Gasteiger partial charge is 0.472 e. The van der Waals surface area contributed by atoms with Crippen LogP contribution in [0.25, 0.3) is 0 Å². The van der Waals surface area contributed by atoms with E-state index in [1.54, 1.807) is 0 Å². The Hall–Kier alpha value is -1.25. The predicted octanol–water partition coefficient (Wildman–Crippen LogP) is 12.6. The molecule has 2 atom stereocenters. The average molecular weight is 789 g/mol. The molecule has 9 nitrogen and oxygen atoms in total. The molecule has 0 aliphatic heterocycles. The molecule has 0 saturated carbocycles. The molecule has 0 heterocycles. The van der Waals surface area contributed by atoms with E-state index >= 15 is 0 Å². The highest BCUT2D eigenvalue weighted by Crippen LogP contribution is 2.43. The standard InChI is InChI=1S/C44H86NO8P/c1-6-8-10-12-14-16-18-20-22-24-26-28-30-32-34-36-43(46)50-40-42(41-52-54(48,49)51-39-38-45(3,4)5)53-44(47)37-35-33-31-29-27-25-23-21-19-17-15-13-11-9-7-2/h20,22,42H,6-19,21,23-41H2,1-5H3/p+1/b22-20-/t42-/m0/s1. The second-order valence-corrected chi connectivity index (χ2v) is 17.9. The van der Waals surface area contributed by atoms with Gasteiger partial charge in [-0.05, 0) is 38.5 Å². The van der Waals surface area contributed by atoms with Gasteiger partial charge in [-0.3, -0.25) is 18.6 Å². The molecule has 0 aliphatic carbocycles. The van der Waals surface area contributed by atoms with Crippen molar-refractivity contribution in [2.45, 2.75) is 213 Å². The fourth-order valence-electron chi connectivity index (χ4n) is 6.24. The number of carbonyl (C=O) groups excluding carboxylic acids is 2. The Balaban J connectivity index is 4.34. The number of hydrogen-bond donors (Lipinski definition) is 1. The van der Waals surface area contributed by atoms with Gasteiger partial charge < -0.3 is 18.9 Å². The fourth-order valence-corrected chi connectivity index (χ4v) is 6.99. The van der Waals surface area contributed by atoms with Crippen molar-refractivity contribution in [3.8, 4) is 0 Å². The van der Waals surface area contributed by atoms with Gasteiger partial charge in [0.2, 0.25) is 0 Å². The lowest BCUT2D eigenvalue weighted by atomic mass is 10.0. The Labute approximate surface area is 333 Å². The first-order valence-corrected chi connectivity index (χ1v) is 23.9. The third-order valence-corrected chi connectivity index (χ3v) is 10.8. The lowest BCUT2D eigenvalue weighted by Crippen LogP contribution is -2.37. The average Bonchev–Trinajstić information content (AvgIpc) is 3.12. The highest BCUT2D eigenvalue weighted by atomic mass is 31.2. The van der Waals surface area contributed by atoms with E-state index in [1.807, 2.05) is 21.1 Å². The van der Waals surface area contributed by atoms with Gasteiger partial charge in [-0.15, -0.1) is 0 Å². The maximum Gasteiger partial charge on any atom is 0.472 e. The molecule has 320 valence electrons. The molecular weight excluding hydrogens is 701 g/mol. The number of esters is 2. The van der Waals surface area contributed by atoms with Gasteiger partial charge in [0.15, 0.2) is 6.10 Å². The number of nitrogens with zero attached hydrogens (tertiary/aromatic N) is 1. The number of allylic oxidation sites excluding steroid dienone is 2. The van der Waals surface area contributed by atoms with Crippen molar-refractivity contribution in [1.82, 2.24) is 0 Å². The molecule has 0 saturated heterocycles. The van der Waals surface area contributed by atoms with Crippen LogP contribution in [0.1, 0.15) is 206 Å². The van der Waals surface area contributed by atoms with Gasteiger partial charge >= 0.3 is 19.8 Å². The summed E-state index contributed by atoms with van der Waals surface area (Å²) in [5.41, 5.74) is 0. The lowest BCUT2D eigenvalue weighted by molar-refractivity contribution is -0.870. The summed E-state index contributed by atoms with van der Waals surface area (Å²) >= 11 is 0. The minimum Gasteiger partial charge on any atom is -0.462 e. The van der Waals surface area contributed by atoms with Crippen LogP contribution in [0.3, 0.4) is 0 Å². The summed E-state index contributed by atoms with van der Waals surface area (Å²) in [6.45, 7) is 4.43. The number of quaternary nitrogens is 1. The van der Waals surface area contributed by atoms with Gasteiger partial charge in [-0.2, -0.15) is 0 Å². The van der Waals surface area contributed by atoms with Crippen molar-refractivity contribution in [2.24, 2.45) is 0 Å². The molecule has 0 radical (unpaired) electrons. The second-order valence-electron chi connectivity index (χ2n) is 16.4. The first-order chi connectivity index (χ1) is 26.0. The third kappa shape index (κ3) is 40.4. The summed E-state index contributed by atoms with van der Waals surface area (Å²) < 4.78 is 34.3. The minimum atomic E-state index is -4.37. The van der Waals surface area contributed by atoms with E-state index in [0.717, 1.165) is 51.4 Å². The van der Waals surface area contributed by atoms with E-state index < -0.39 is 26.5 Å². The van der Waals surface area contributed by atoms with E-state index in [4.69, 9.17) is 18.5 Å². The van der Waals surface area contributed by atoms with Gasteiger partial charge in [0.25, 0.3) is 0 Å². The molecule has 0 aromatic heterocycles. The van der Waals surface area contributed by atoms with Crippen molar-refractivity contribution in [1.29, 1.82) is 0 Å². The number of ether oxygens (including phenoxy) is 2. The number of unbranched alkanes of at least 4 members (excludes halogenated alkanes) is 25. The number of phosphoric acid groups is 1. The molecule has 54 heavy (non-hydrogen) atoms. The SMILES string of the molecule is CCCCCCCC/C=C\CCCCCCCC(=O)OC[C@@H](COP(=O)(O)OCC[N+](C)(C)C)OC(=O)CCCCCCCCCCCCCCCCC. The Bertz CT molecular complexity index is 938. The maximum atomic E-state index is 12.7. The summed E-state index contributed by atoms with van der Waals surface area (Å²) in [5.74, 6) is -0.798. The van der Waals surface area contributed by atoms with Gasteiger partial charge in [0, 0.05) is 12.8 Å². The third-order valence-electron chi connectivity index (χ3n) is 9.80. The van der Waals surface area contributed by atoms with Crippen LogP contribution in [0.2, 0.25) is 0 Å². The summed E-state index contributed by atoms with van der Waals surface area (Å²) in [4.78, 5) is 35.3. The van der Waals surface area contributed by atoms with Crippen LogP contribution in [-0.4, -0.2) is 74.9 Å². The van der Waals surface area contributed by atoms with Crippen molar-refractivity contribution >= 4 is 19.8 Å². The Morgan fingerprint density at radius 3 is 1.37 bits per heavy atom. The number of hydrogen-bond acceptors (Lipinski definition) is 7. The molecular formula is C44H87NO8P+. The van der Waals surface area contributed by atoms with Crippen LogP contribution in [0.5, 0.6) is 0 Å². The molecule has 0 bridgehead atoms. The predicted molar refractivity (Wildman–Crippen MR) is 224 cm³/mol. The smallest absolute Gasteiger partial charge is 0.462 e. The van der Waals surface area contributed by atoms with Gasteiger partial charge in [0.1, 0.15) is 19.8 Å². The summed E-state index contributed by atoms with van der Waals surface area (Å²) in [7, 11) is 1.48. The van der Waals surface area contributed by atoms with E-state index in [-0.39, 0.29) is 32.0 Å². The zero-order chi connectivity index (χ0) is 40.0. The van der Waals surface area contributed by atoms with Crippen LogP contribution >= 0.6 is 7.82 Å². The number of carbonyl (C=O) groups is 2. The molecule has 0 aliphatic rings. The van der Waals surface area contributed by atoms with E-state index in [2.05, 4.69) is 26.0 Å². The van der Waals surface area contributed by atoms with E-state index in [1.165, 1.54) is 122 Å². The van der Waals surface area contributed by atoms with Crippen molar-refractivity contribution in [3.63, 3.8) is 0 Å². The van der Waals surface area contributed by atoms with Crippen LogP contribution in [0.15, 0.2) is 12.2 Å². The zero-order valence-electron chi connectivity index (χ0n) is 36.0. The normalized spacial score (nSPS) is 13.7. The molecule has 0 rings (SSSR count). The summed E-state index contributed by atoms with van der Waals surface area (Å²) in [5, 5.41) is 0. The first-order valence-electron chi connectivity index (χ1n) is 22.4. The van der Waals surface area contributed by atoms with Gasteiger partial charge in [0.05, 0.1) is 27.7 Å². The minimum absolute atomic E-state index is 0.0336. The van der Waals surface area contributed by atoms with E-state index in [0.29, 0.717) is 17.4 Å². The van der Waals surface area contributed by atoms with Gasteiger partial charge in [-0.1, -0.05) is 167 Å². The van der Waals surface area contributed by atoms with Crippen LogP contribution < -0.4 is 0 Å². The lowest BCUT2D eigenvalue weighted by Gasteiger charge is -2.24. The Morgan fingerprint density at radius 1 is 0.556 bits per heavy atom. The topological polar surface area (TPSA) is 108 Å². The highest BCUT2D eigenvalue weighted by Gasteiger charge is 2.27. The van der Waals surface area contributed by atoms with Crippen LogP contribution in [-0.2, 0) is 32.7 Å². The van der Waals surface area contributed by atoms with Crippen molar-refractivity contribution in [3.05, 3.63) is 12.2 Å². The molecule has 0 fully saturated rings.